The molecule has 0 fully saturated rings. The SMILES string of the molecule is CNC(=O)c1cc(COc2cnc(N=C(C=N)CN)nc2)c(Cl)c(OC)c1. The lowest BCUT2D eigenvalue weighted by molar-refractivity contribution is 0.0962. The van der Waals surface area contributed by atoms with Gasteiger partial charge in [-0.25, -0.2) is 15.0 Å². The van der Waals surface area contributed by atoms with Crippen LogP contribution in [0.1, 0.15) is 15.9 Å². The molecule has 142 valence electrons. The van der Waals surface area contributed by atoms with Gasteiger partial charge in [0.1, 0.15) is 12.4 Å². The third kappa shape index (κ3) is 5.22. The maximum absolute atomic E-state index is 11.9. The van der Waals surface area contributed by atoms with Crippen LogP contribution in [0.2, 0.25) is 5.02 Å². The first kappa shape index (κ1) is 20.3. The number of nitrogens with one attached hydrogen (secondary N) is 2. The van der Waals surface area contributed by atoms with Crippen LogP contribution in [0, 0.1) is 5.41 Å². The van der Waals surface area contributed by atoms with Gasteiger partial charge in [-0.2, -0.15) is 0 Å². The molecule has 27 heavy (non-hydrogen) atoms. The second-order valence-corrected chi connectivity index (χ2v) is 5.57. The summed E-state index contributed by atoms with van der Waals surface area (Å²) in [4.78, 5) is 24.0. The number of ether oxygens (including phenoxy) is 2. The third-order valence-electron chi connectivity index (χ3n) is 3.45. The van der Waals surface area contributed by atoms with Gasteiger partial charge < -0.3 is 25.9 Å². The smallest absolute Gasteiger partial charge is 0.251 e. The highest BCUT2D eigenvalue weighted by Crippen LogP contribution is 2.30. The summed E-state index contributed by atoms with van der Waals surface area (Å²) in [6.45, 7) is 0.202. The number of aliphatic imine (C=N–C) groups is 1. The van der Waals surface area contributed by atoms with Gasteiger partial charge in [0.25, 0.3) is 5.91 Å². The van der Waals surface area contributed by atoms with Gasteiger partial charge in [0.2, 0.25) is 5.95 Å². The Hall–Kier alpha value is -3.04. The molecule has 4 N–H and O–H groups in total. The minimum absolute atomic E-state index is 0.0839. The van der Waals surface area contributed by atoms with Crippen molar-refractivity contribution in [3.63, 3.8) is 0 Å². The first-order valence-corrected chi connectivity index (χ1v) is 8.21. The predicted octanol–water partition coefficient (Wildman–Crippen LogP) is 1.76. The van der Waals surface area contributed by atoms with E-state index in [1.165, 1.54) is 26.6 Å². The molecule has 10 heteroatoms. The van der Waals surface area contributed by atoms with Crippen LogP contribution in [0.15, 0.2) is 29.5 Å². The Morgan fingerprint density at radius 1 is 1.41 bits per heavy atom. The molecule has 9 nitrogen and oxygen atoms in total. The van der Waals surface area contributed by atoms with Crippen LogP contribution in [0.4, 0.5) is 5.95 Å². The van der Waals surface area contributed by atoms with Crippen molar-refractivity contribution in [1.29, 1.82) is 5.41 Å². The van der Waals surface area contributed by atoms with Crippen molar-refractivity contribution < 1.29 is 14.3 Å². The van der Waals surface area contributed by atoms with Crippen LogP contribution in [-0.2, 0) is 6.61 Å². The summed E-state index contributed by atoms with van der Waals surface area (Å²) in [5, 5.41) is 10.1. The van der Waals surface area contributed by atoms with E-state index in [1.807, 2.05) is 0 Å². The summed E-state index contributed by atoms with van der Waals surface area (Å²) in [7, 11) is 3.01. The number of hydrogen-bond acceptors (Lipinski definition) is 8. The van der Waals surface area contributed by atoms with Gasteiger partial charge in [-0.1, -0.05) is 11.6 Å². The fourth-order valence-corrected chi connectivity index (χ4v) is 2.29. The molecule has 1 amide bonds. The van der Waals surface area contributed by atoms with E-state index in [-0.39, 0.29) is 25.0 Å². The molecule has 1 aromatic heterocycles. The van der Waals surface area contributed by atoms with Crippen LogP contribution in [-0.4, -0.2) is 48.5 Å². The summed E-state index contributed by atoms with van der Waals surface area (Å²) in [6, 6.07) is 3.18. The topological polar surface area (TPSA) is 136 Å². The van der Waals surface area contributed by atoms with Gasteiger partial charge >= 0.3 is 0 Å². The van der Waals surface area contributed by atoms with E-state index in [9.17, 15) is 4.79 Å². The highest BCUT2D eigenvalue weighted by Gasteiger charge is 2.14. The molecule has 0 saturated heterocycles. The van der Waals surface area contributed by atoms with Crippen molar-refractivity contribution in [3.8, 4) is 11.5 Å². The molecule has 1 aromatic carbocycles. The number of hydrogen-bond donors (Lipinski definition) is 3. The number of aromatic nitrogens is 2. The Kier molecular flexibility index (Phi) is 7.21. The van der Waals surface area contributed by atoms with Crippen molar-refractivity contribution in [3.05, 3.63) is 40.7 Å². The summed E-state index contributed by atoms with van der Waals surface area (Å²) >= 11 is 6.29. The Labute approximate surface area is 161 Å². The van der Waals surface area contributed by atoms with Gasteiger partial charge in [-0.15, -0.1) is 0 Å². The lowest BCUT2D eigenvalue weighted by atomic mass is 10.1. The number of benzene rings is 1. The number of carbonyl (C=O) groups is 1. The lowest BCUT2D eigenvalue weighted by Crippen LogP contribution is -2.18. The fraction of sp³-hybridized carbons (Fsp3) is 0.235. The highest BCUT2D eigenvalue weighted by molar-refractivity contribution is 6.33. The fourth-order valence-electron chi connectivity index (χ4n) is 2.05. The van der Waals surface area contributed by atoms with Crippen molar-refractivity contribution >= 4 is 35.4 Å². The monoisotopic (exact) mass is 390 g/mol. The highest BCUT2D eigenvalue weighted by atomic mass is 35.5. The maximum atomic E-state index is 11.9. The zero-order valence-electron chi connectivity index (χ0n) is 14.8. The summed E-state index contributed by atoms with van der Waals surface area (Å²) in [6.07, 6.45) is 3.93. The van der Waals surface area contributed by atoms with Crippen molar-refractivity contribution in [2.24, 2.45) is 10.7 Å². The number of rotatable bonds is 8. The van der Waals surface area contributed by atoms with Gasteiger partial charge in [-0.05, 0) is 12.1 Å². The van der Waals surface area contributed by atoms with Gasteiger partial charge in [0.05, 0.1) is 30.2 Å². The minimum atomic E-state index is -0.265. The van der Waals surface area contributed by atoms with E-state index in [4.69, 9.17) is 32.2 Å². The second-order valence-electron chi connectivity index (χ2n) is 5.19. The maximum Gasteiger partial charge on any atom is 0.251 e. The number of nitrogens with two attached hydrogens (primary N) is 1. The average molecular weight is 391 g/mol. The van der Waals surface area contributed by atoms with E-state index in [0.29, 0.717) is 33.4 Å². The van der Waals surface area contributed by atoms with E-state index in [2.05, 4.69) is 20.3 Å². The van der Waals surface area contributed by atoms with Gasteiger partial charge in [-0.3, -0.25) is 4.79 Å². The summed E-state index contributed by atoms with van der Waals surface area (Å²) in [5.74, 6) is 0.669. The largest absolute Gasteiger partial charge is 0.495 e. The quantitative estimate of drug-likeness (QED) is 0.587. The number of carbonyl (C=O) groups excluding carboxylic acids is 1. The number of methoxy groups -OCH3 is 1. The van der Waals surface area contributed by atoms with E-state index in [1.54, 1.807) is 12.1 Å². The normalized spacial score (nSPS) is 11.0. The molecular weight excluding hydrogens is 372 g/mol. The average Bonchev–Trinajstić information content (AvgIpc) is 2.71. The van der Waals surface area contributed by atoms with Crippen LogP contribution in [0.5, 0.6) is 11.5 Å². The number of nitrogens with zero attached hydrogens (tertiary/aromatic N) is 3. The Morgan fingerprint density at radius 3 is 2.67 bits per heavy atom. The van der Waals surface area contributed by atoms with Crippen molar-refractivity contribution in [2.45, 2.75) is 6.61 Å². The Morgan fingerprint density at radius 2 is 2.11 bits per heavy atom. The molecule has 0 aliphatic heterocycles. The Bertz CT molecular complexity index is 854. The van der Waals surface area contributed by atoms with E-state index >= 15 is 0 Å². The first-order valence-electron chi connectivity index (χ1n) is 7.83. The number of amides is 1. The summed E-state index contributed by atoms with van der Waals surface area (Å²) < 4.78 is 10.9. The standard InChI is InChI=1S/C17H19ClN6O3/c1-21-16(25)10-3-11(15(18)14(4-10)26-2)9-27-13-7-22-17(23-8-13)24-12(5-19)6-20/h3-5,7-8,19H,6,9,20H2,1-2H3,(H,21,25). The predicted molar refractivity (Wildman–Crippen MR) is 103 cm³/mol. The molecular formula is C17H19ClN6O3. The van der Waals surface area contributed by atoms with Crippen LogP contribution in [0.25, 0.3) is 0 Å². The molecule has 0 bridgehead atoms. The first-order chi connectivity index (χ1) is 13.0. The molecule has 0 aliphatic carbocycles. The third-order valence-corrected chi connectivity index (χ3v) is 3.88. The van der Waals surface area contributed by atoms with Crippen LogP contribution in [0.3, 0.4) is 0 Å². The molecule has 0 atom stereocenters. The van der Waals surface area contributed by atoms with Gasteiger partial charge in [0, 0.05) is 30.9 Å². The molecule has 1 heterocycles. The Balaban J connectivity index is 2.17. The molecule has 2 aromatic rings. The molecule has 0 spiro atoms. The second kappa shape index (κ2) is 9.60. The van der Waals surface area contributed by atoms with E-state index < -0.39 is 0 Å². The van der Waals surface area contributed by atoms with Gasteiger partial charge in [0.15, 0.2) is 5.75 Å². The minimum Gasteiger partial charge on any atom is -0.495 e. The molecule has 0 radical (unpaired) electrons. The molecule has 0 aliphatic rings. The lowest BCUT2D eigenvalue weighted by Gasteiger charge is -2.12. The summed E-state index contributed by atoms with van der Waals surface area (Å²) in [5.41, 5.74) is 6.77. The zero-order valence-corrected chi connectivity index (χ0v) is 15.6. The number of halogens is 1. The van der Waals surface area contributed by atoms with Crippen LogP contribution < -0.4 is 20.5 Å². The zero-order chi connectivity index (χ0) is 19.8. The van der Waals surface area contributed by atoms with E-state index in [0.717, 1.165) is 6.21 Å². The molecule has 0 unspecified atom stereocenters. The van der Waals surface area contributed by atoms with Crippen molar-refractivity contribution in [1.82, 2.24) is 15.3 Å². The van der Waals surface area contributed by atoms with Crippen LogP contribution >= 0.6 is 11.6 Å². The molecule has 2 rings (SSSR count). The van der Waals surface area contributed by atoms with Crippen molar-refractivity contribution in [2.75, 3.05) is 20.7 Å². The molecule has 0 saturated carbocycles.